The van der Waals surface area contributed by atoms with Crippen molar-refractivity contribution in [3.63, 3.8) is 0 Å². The molecule has 0 radical (unpaired) electrons. The molecule has 19 heteroatoms. The van der Waals surface area contributed by atoms with Crippen molar-refractivity contribution in [2.24, 2.45) is 0 Å². The van der Waals surface area contributed by atoms with E-state index in [1.165, 1.54) is 18.2 Å². The van der Waals surface area contributed by atoms with Gasteiger partial charge in [0, 0.05) is 24.7 Å². The van der Waals surface area contributed by atoms with Gasteiger partial charge in [0.25, 0.3) is 0 Å². The van der Waals surface area contributed by atoms with Crippen molar-refractivity contribution in [1.29, 1.82) is 0 Å². The van der Waals surface area contributed by atoms with Gasteiger partial charge in [-0.2, -0.15) is 36.4 Å². The van der Waals surface area contributed by atoms with Crippen LogP contribution in [0.5, 0.6) is 0 Å². The number of halogens is 7. The molecule has 354 valence electrons. The van der Waals surface area contributed by atoms with Crippen LogP contribution in [0.3, 0.4) is 0 Å². The van der Waals surface area contributed by atoms with E-state index in [0.29, 0.717) is 11.1 Å². The molecule has 70 heavy (non-hydrogen) atoms. The van der Waals surface area contributed by atoms with Crippen molar-refractivity contribution in [3.8, 4) is 22.3 Å². The number of fused-ring (bicyclic) bond motifs is 2. The number of hydrogen-bond donors (Lipinski definition) is 2. The summed E-state index contributed by atoms with van der Waals surface area (Å²) in [5.41, 5.74) is 13.5. The third-order valence-electron chi connectivity index (χ3n) is 10.1. The van der Waals surface area contributed by atoms with Crippen LogP contribution < -0.4 is 103 Å². The van der Waals surface area contributed by atoms with Crippen LogP contribution in [0.4, 0.5) is 25.9 Å². The molecule has 0 unspecified atom stereocenters. The number of hydrogen-bond acceptors (Lipinski definition) is 5. The fraction of sp³-hybridized carbons (Fsp3) is 0.216. The number of ether oxygens (including phenoxy) is 1. The van der Waals surface area contributed by atoms with Crippen molar-refractivity contribution in [2.75, 3.05) is 7.11 Å². The quantitative estimate of drug-likeness (QED) is 0.0448. The van der Waals surface area contributed by atoms with Crippen LogP contribution in [-0.2, 0) is 29.5 Å². The Balaban J connectivity index is 0.000000351. The number of benzene rings is 6. The SMILES string of the molecule is CCCc1nc2c(C)c[c-]cc2[nH]1.CCCc1nc2c(C)c[c-]cc2n1Cc1ccc(-c2ccccc2C(=O)O)cc1.COC(=O)c1ccccc1-c1ccc(CBr)cc1.FB(F)F.FB(F)F.[K+].[K+]. The molecule has 0 fully saturated rings. The summed E-state index contributed by atoms with van der Waals surface area (Å²) in [6.07, 6.45) is 4.12. The molecule has 8 aromatic rings. The van der Waals surface area contributed by atoms with Gasteiger partial charge in [-0.25, -0.2) is 9.59 Å². The van der Waals surface area contributed by atoms with E-state index in [4.69, 9.17) is 9.72 Å². The molecule has 2 heterocycles. The number of aromatic carboxylic acids is 1. The van der Waals surface area contributed by atoms with Gasteiger partial charge in [0.2, 0.25) is 0 Å². The summed E-state index contributed by atoms with van der Waals surface area (Å²) >= 11 is 3.41. The molecule has 0 atom stereocenters. The van der Waals surface area contributed by atoms with Crippen molar-refractivity contribution in [1.82, 2.24) is 19.5 Å². The maximum Gasteiger partial charge on any atom is 1.00 e. The molecule has 0 aliphatic heterocycles. The van der Waals surface area contributed by atoms with Crippen LogP contribution in [0.15, 0.2) is 121 Å². The average molecular weight is 1080 g/mol. The minimum Gasteiger partial charge on any atom is -0.478 e. The summed E-state index contributed by atoms with van der Waals surface area (Å²) in [5, 5.41) is 10.3. The molecule has 8 rings (SSSR count). The molecule has 6 aromatic carbocycles. The van der Waals surface area contributed by atoms with Gasteiger partial charge in [0.05, 0.1) is 29.9 Å². The first-order valence-corrected chi connectivity index (χ1v) is 22.5. The molecule has 8 nitrogen and oxygen atoms in total. The molecule has 2 aromatic heterocycles. The van der Waals surface area contributed by atoms with E-state index in [1.54, 1.807) is 18.2 Å². The van der Waals surface area contributed by atoms with Crippen molar-refractivity contribution >= 4 is 65.0 Å². The second kappa shape index (κ2) is 32.7. The maximum atomic E-state index is 11.7. The first kappa shape index (κ1) is 62.8. The molecule has 0 aliphatic carbocycles. The van der Waals surface area contributed by atoms with Gasteiger partial charge in [-0.1, -0.05) is 129 Å². The molecule has 0 spiro atoms. The maximum absolute atomic E-state index is 11.7. The van der Waals surface area contributed by atoms with Crippen LogP contribution >= 0.6 is 15.9 Å². The Morgan fingerprint density at radius 3 is 1.67 bits per heavy atom. The molecule has 0 saturated carbocycles. The van der Waals surface area contributed by atoms with Crippen LogP contribution in [0.25, 0.3) is 44.3 Å². The number of H-pyrrole nitrogens is 1. The van der Waals surface area contributed by atoms with Crippen molar-refractivity contribution in [3.05, 3.63) is 178 Å². The third-order valence-corrected chi connectivity index (χ3v) is 10.8. The van der Waals surface area contributed by atoms with E-state index in [0.717, 1.165) is 105 Å². The van der Waals surface area contributed by atoms with Gasteiger partial charge in [0.15, 0.2) is 0 Å². The number of imidazole rings is 2. The van der Waals surface area contributed by atoms with E-state index in [-0.39, 0.29) is 109 Å². The standard InChI is InChI=1S/C25H23N2O2.C15H13BrO2.C11H13N2.2BF3.2K/c1-3-7-23-26-24-17(2)8-6-11-22(24)27(23)16-18-12-14-19(15-13-18)20-9-4-5-10-21(20)25(28)29;1-18-15(17)14-5-3-2-4-13(14)12-8-6-11(10-16)7-9-12;1-3-5-10-12-9-7-4-6-8(2)11(9)13-10;2*2-1(3)4;;/h4-5,8-15H,3,7,16H2,1-2H3,(H,28,29);2-9H,10H2,1H3;6-7H,3,5H2,1-2H3,(H,12,13);;;;/q-1;;-1;;;2*+1. The molecule has 0 saturated heterocycles. The Kier molecular flexibility index (Phi) is 29.3. The summed E-state index contributed by atoms with van der Waals surface area (Å²) in [4.78, 5) is 35.9. The van der Waals surface area contributed by atoms with Crippen LogP contribution in [0.2, 0.25) is 0 Å². The van der Waals surface area contributed by atoms with E-state index >= 15 is 0 Å². The normalized spacial score (nSPS) is 10.0. The molecule has 2 N–H and O–H groups in total. The number of alkyl halides is 1. The van der Waals surface area contributed by atoms with E-state index in [9.17, 15) is 40.6 Å². The zero-order valence-corrected chi connectivity index (χ0v) is 47.9. The first-order valence-electron chi connectivity index (χ1n) is 21.4. The minimum atomic E-state index is -3.67. The van der Waals surface area contributed by atoms with E-state index in [2.05, 4.69) is 82.4 Å². The molecular formula is C51H49B2BrF6K2N4O4. The number of nitrogens with zero attached hydrogens (tertiary/aromatic N) is 3. The Labute approximate surface area is 499 Å². The molecule has 0 aliphatic rings. The van der Waals surface area contributed by atoms with Gasteiger partial charge >= 0.3 is 130 Å². The smallest absolute Gasteiger partial charge is 0.478 e. The number of nitrogens with one attached hydrogen (secondary N) is 1. The van der Waals surface area contributed by atoms with Crippen LogP contribution in [-0.4, -0.2) is 58.8 Å². The summed E-state index contributed by atoms with van der Waals surface area (Å²) in [7, 11) is -5.94. The number of carboxylic acids is 1. The number of carboxylic acid groups (broad SMARTS) is 1. The van der Waals surface area contributed by atoms with E-state index < -0.39 is 21.1 Å². The Morgan fingerprint density at radius 1 is 0.686 bits per heavy atom. The predicted octanol–water partition coefficient (Wildman–Crippen LogP) is 7.94. The third kappa shape index (κ3) is 19.3. The van der Waals surface area contributed by atoms with Crippen LogP contribution in [0.1, 0.15) is 81.3 Å². The minimum absolute atomic E-state index is 0. The van der Waals surface area contributed by atoms with Gasteiger partial charge in [0.1, 0.15) is 0 Å². The van der Waals surface area contributed by atoms with Crippen molar-refractivity contribution < 1.29 is 148 Å². The number of esters is 1. The van der Waals surface area contributed by atoms with E-state index in [1.807, 2.05) is 91.0 Å². The molecule has 0 amide bonds. The van der Waals surface area contributed by atoms with Crippen LogP contribution in [0, 0.1) is 26.0 Å². The number of methoxy groups -OCH3 is 1. The number of aromatic amines is 1. The van der Waals surface area contributed by atoms with Gasteiger partial charge in [-0.3, -0.25) is 35.9 Å². The van der Waals surface area contributed by atoms with Gasteiger partial charge in [-0.05, 0) is 80.4 Å². The Bertz CT molecular complexity index is 2850. The predicted molar refractivity (Wildman–Crippen MR) is 263 cm³/mol. The summed E-state index contributed by atoms with van der Waals surface area (Å²) in [5.74, 6) is 0.950. The van der Waals surface area contributed by atoms with Crippen molar-refractivity contribution in [2.45, 2.75) is 65.3 Å². The first-order chi connectivity index (χ1) is 32.6. The zero-order valence-electron chi connectivity index (χ0n) is 40.1. The average Bonchev–Trinajstić information content (AvgIpc) is 3.91. The molecular weight excluding hydrogens is 1030 g/mol. The largest absolute Gasteiger partial charge is 1.00 e. The topological polar surface area (TPSA) is 110 Å². The second-order valence-corrected chi connectivity index (χ2v) is 15.5. The fourth-order valence-electron chi connectivity index (χ4n) is 7.06. The summed E-state index contributed by atoms with van der Waals surface area (Å²) in [6, 6.07) is 45.0. The number of aryl methyl sites for hydroxylation is 4. The van der Waals surface area contributed by atoms with Gasteiger partial charge < -0.3 is 19.4 Å². The Morgan fingerprint density at radius 2 is 1.17 bits per heavy atom. The number of aromatic nitrogens is 4. The fourth-order valence-corrected chi connectivity index (χ4v) is 7.43. The number of carbonyl (C=O) groups is 2. The summed E-state index contributed by atoms with van der Waals surface area (Å²) in [6.45, 7) is 9.18. The monoisotopic (exact) mass is 1070 g/mol. The Hall–Kier alpha value is -3.34. The van der Waals surface area contributed by atoms with Gasteiger partial charge in [-0.15, -0.1) is 11.1 Å². The number of carbonyl (C=O) groups excluding carboxylic acids is 1. The summed E-state index contributed by atoms with van der Waals surface area (Å²) < 4.78 is 65.1. The molecule has 0 bridgehead atoms. The second-order valence-electron chi connectivity index (χ2n) is 15.0. The number of rotatable bonds is 11. The zero-order chi connectivity index (χ0) is 49.8.